The summed E-state index contributed by atoms with van der Waals surface area (Å²) < 4.78 is 7.58. The molecule has 1 amide bonds. The Bertz CT molecular complexity index is 891. The molecule has 0 aliphatic rings. The number of fused-ring (bicyclic) bond motifs is 1. The smallest absolute Gasteiger partial charge is 0.242 e. The number of carbonyl (C=O) groups is 1. The Morgan fingerprint density at radius 1 is 1.24 bits per heavy atom. The van der Waals surface area contributed by atoms with E-state index in [1.165, 1.54) is 0 Å². The predicted molar refractivity (Wildman–Crippen MR) is 99.1 cm³/mol. The van der Waals surface area contributed by atoms with Gasteiger partial charge < -0.3 is 14.2 Å². The number of halogens is 1. The fourth-order valence-corrected chi connectivity index (χ4v) is 2.81. The van der Waals surface area contributed by atoms with Crippen molar-refractivity contribution in [2.45, 2.75) is 13.5 Å². The van der Waals surface area contributed by atoms with Gasteiger partial charge in [0.05, 0.1) is 17.6 Å². The van der Waals surface area contributed by atoms with Gasteiger partial charge in [-0.3, -0.25) is 4.79 Å². The molecule has 0 bridgehead atoms. The zero-order valence-corrected chi connectivity index (χ0v) is 15.0. The molecule has 6 heteroatoms. The van der Waals surface area contributed by atoms with Crippen LogP contribution in [0.4, 0.5) is 0 Å². The van der Waals surface area contributed by atoms with Crippen LogP contribution in [-0.4, -0.2) is 40.6 Å². The number of amides is 1. The maximum Gasteiger partial charge on any atom is 0.242 e. The molecule has 5 nitrogen and oxygen atoms in total. The highest BCUT2D eigenvalue weighted by molar-refractivity contribution is 6.30. The summed E-state index contributed by atoms with van der Waals surface area (Å²) in [5.74, 6) is 1.55. The summed E-state index contributed by atoms with van der Waals surface area (Å²) in [6.45, 7) is 3.08. The molecule has 0 aliphatic heterocycles. The molecule has 0 unspecified atom stereocenters. The standard InChI is InChI=1S/C19H20ClN3O2/c1-14-21-17-8-3-4-9-18(17)23(14)13-19(24)22(2)10-11-25-16-7-5-6-15(20)12-16/h3-9,12H,10-11,13H2,1-2H3. The molecule has 0 spiro atoms. The molecule has 0 radical (unpaired) electrons. The second-order valence-corrected chi connectivity index (χ2v) is 6.29. The van der Waals surface area contributed by atoms with Gasteiger partial charge in [-0.15, -0.1) is 0 Å². The number of aromatic nitrogens is 2. The van der Waals surface area contributed by atoms with E-state index in [1.807, 2.05) is 47.9 Å². The molecule has 0 fully saturated rings. The van der Waals surface area contributed by atoms with Crippen molar-refractivity contribution in [1.82, 2.24) is 14.5 Å². The van der Waals surface area contributed by atoms with E-state index in [2.05, 4.69) is 4.98 Å². The molecular weight excluding hydrogens is 338 g/mol. The molecule has 3 aromatic rings. The first-order valence-electron chi connectivity index (χ1n) is 8.09. The number of likely N-dealkylation sites (N-methyl/N-ethyl adjacent to an activating group) is 1. The number of aryl methyl sites for hydroxylation is 1. The molecule has 1 aromatic heterocycles. The molecule has 0 saturated carbocycles. The molecular formula is C19H20ClN3O2. The quantitative estimate of drug-likeness (QED) is 0.678. The van der Waals surface area contributed by atoms with E-state index in [4.69, 9.17) is 16.3 Å². The lowest BCUT2D eigenvalue weighted by molar-refractivity contribution is -0.130. The van der Waals surface area contributed by atoms with Crippen LogP contribution < -0.4 is 4.74 Å². The van der Waals surface area contributed by atoms with Gasteiger partial charge in [-0.05, 0) is 37.3 Å². The van der Waals surface area contributed by atoms with Crippen LogP contribution in [0.3, 0.4) is 0 Å². The van der Waals surface area contributed by atoms with Crippen molar-refractivity contribution < 1.29 is 9.53 Å². The average molecular weight is 358 g/mol. The van der Waals surface area contributed by atoms with Gasteiger partial charge in [-0.2, -0.15) is 0 Å². The molecule has 0 aliphatic carbocycles. The van der Waals surface area contributed by atoms with Crippen LogP contribution in [-0.2, 0) is 11.3 Å². The summed E-state index contributed by atoms with van der Waals surface area (Å²) in [4.78, 5) is 18.7. The highest BCUT2D eigenvalue weighted by Crippen LogP contribution is 2.17. The Kier molecular flexibility index (Phi) is 5.24. The molecule has 0 N–H and O–H groups in total. The third-order valence-electron chi connectivity index (χ3n) is 4.06. The van der Waals surface area contributed by atoms with Gasteiger partial charge in [-0.1, -0.05) is 29.8 Å². The van der Waals surface area contributed by atoms with E-state index in [1.54, 1.807) is 24.1 Å². The van der Waals surface area contributed by atoms with Gasteiger partial charge in [-0.25, -0.2) is 4.98 Å². The number of imidazole rings is 1. The van der Waals surface area contributed by atoms with Gasteiger partial charge in [0.2, 0.25) is 5.91 Å². The second-order valence-electron chi connectivity index (χ2n) is 5.86. The number of para-hydroxylation sites is 2. The van der Waals surface area contributed by atoms with Crippen molar-refractivity contribution in [3.8, 4) is 5.75 Å². The first-order chi connectivity index (χ1) is 12.0. The Morgan fingerprint density at radius 3 is 2.84 bits per heavy atom. The van der Waals surface area contributed by atoms with Crippen molar-refractivity contribution in [1.29, 1.82) is 0 Å². The average Bonchev–Trinajstić information content (AvgIpc) is 2.90. The number of carbonyl (C=O) groups excluding carboxylic acids is 1. The highest BCUT2D eigenvalue weighted by atomic mass is 35.5. The zero-order valence-electron chi connectivity index (χ0n) is 14.3. The fraction of sp³-hybridized carbons (Fsp3) is 0.263. The maximum absolute atomic E-state index is 12.5. The summed E-state index contributed by atoms with van der Waals surface area (Å²) in [7, 11) is 1.78. The number of rotatable bonds is 6. The van der Waals surface area contributed by atoms with Crippen LogP contribution in [0.15, 0.2) is 48.5 Å². The van der Waals surface area contributed by atoms with E-state index >= 15 is 0 Å². The van der Waals surface area contributed by atoms with Crippen molar-refractivity contribution >= 4 is 28.5 Å². The van der Waals surface area contributed by atoms with Crippen LogP contribution in [0, 0.1) is 6.92 Å². The zero-order chi connectivity index (χ0) is 17.8. The summed E-state index contributed by atoms with van der Waals surface area (Å²) in [5.41, 5.74) is 1.87. The summed E-state index contributed by atoms with van der Waals surface area (Å²) in [6.07, 6.45) is 0. The minimum Gasteiger partial charge on any atom is -0.492 e. The van der Waals surface area contributed by atoms with Crippen LogP contribution in [0.5, 0.6) is 5.75 Å². The lowest BCUT2D eigenvalue weighted by atomic mass is 10.3. The highest BCUT2D eigenvalue weighted by Gasteiger charge is 2.14. The largest absolute Gasteiger partial charge is 0.492 e. The Balaban J connectivity index is 1.58. The van der Waals surface area contributed by atoms with Crippen LogP contribution in [0.25, 0.3) is 11.0 Å². The number of nitrogens with zero attached hydrogens (tertiary/aromatic N) is 3. The van der Waals surface area contributed by atoms with Crippen LogP contribution in [0.1, 0.15) is 5.82 Å². The van der Waals surface area contributed by atoms with Gasteiger partial charge >= 0.3 is 0 Å². The number of benzene rings is 2. The lowest BCUT2D eigenvalue weighted by Gasteiger charge is -2.18. The third kappa shape index (κ3) is 4.12. The van der Waals surface area contributed by atoms with Crippen molar-refractivity contribution in [3.05, 3.63) is 59.4 Å². The molecule has 130 valence electrons. The Labute approximate surface area is 151 Å². The molecule has 0 saturated heterocycles. The minimum atomic E-state index is 0.0148. The van der Waals surface area contributed by atoms with Crippen LogP contribution in [0.2, 0.25) is 5.02 Å². The van der Waals surface area contributed by atoms with Gasteiger partial charge in [0.1, 0.15) is 24.7 Å². The van der Waals surface area contributed by atoms with Crippen molar-refractivity contribution in [3.63, 3.8) is 0 Å². The number of hydrogen-bond donors (Lipinski definition) is 0. The van der Waals surface area contributed by atoms with E-state index in [0.29, 0.717) is 23.9 Å². The first-order valence-corrected chi connectivity index (χ1v) is 8.46. The van der Waals surface area contributed by atoms with Gasteiger partial charge in [0.25, 0.3) is 0 Å². The molecule has 0 atom stereocenters. The Hall–Kier alpha value is -2.53. The van der Waals surface area contributed by atoms with Crippen molar-refractivity contribution in [2.75, 3.05) is 20.2 Å². The van der Waals surface area contributed by atoms with E-state index in [-0.39, 0.29) is 12.5 Å². The summed E-state index contributed by atoms with van der Waals surface area (Å²) >= 11 is 5.93. The molecule has 2 aromatic carbocycles. The van der Waals surface area contributed by atoms with Crippen LogP contribution >= 0.6 is 11.6 Å². The van der Waals surface area contributed by atoms with E-state index < -0.39 is 0 Å². The SMILES string of the molecule is Cc1nc2ccccc2n1CC(=O)N(C)CCOc1cccc(Cl)c1. The minimum absolute atomic E-state index is 0.0148. The van der Waals surface area contributed by atoms with E-state index in [9.17, 15) is 4.79 Å². The third-order valence-corrected chi connectivity index (χ3v) is 4.29. The Morgan fingerprint density at radius 2 is 2.04 bits per heavy atom. The number of ether oxygens (including phenoxy) is 1. The summed E-state index contributed by atoms with van der Waals surface area (Å²) in [6, 6.07) is 15.0. The fourth-order valence-electron chi connectivity index (χ4n) is 2.63. The number of hydrogen-bond acceptors (Lipinski definition) is 3. The second kappa shape index (κ2) is 7.57. The topological polar surface area (TPSA) is 47.4 Å². The molecule has 3 rings (SSSR count). The predicted octanol–water partition coefficient (Wildman–Crippen LogP) is 3.54. The normalized spacial score (nSPS) is 10.8. The summed E-state index contributed by atoms with van der Waals surface area (Å²) in [5, 5.41) is 0.629. The van der Waals surface area contributed by atoms with Crippen molar-refractivity contribution in [2.24, 2.45) is 0 Å². The molecule has 25 heavy (non-hydrogen) atoms. The molecule has 1 heterocycles. The van der Waals surface area contributed by atoms with E-state index in [0.717, 1.165) is 16.9 Å². The van der Waals surface area contributed by atoms with Gasteiger partial charge in [0.15, 0.2) is 0 Å². The lowest BCUT2D eigenvalue weighted by Crippen LogP contribution is -2.33. The maximum atomic E-state index is 12.5. The van der Waals surface area contributed by atoms with Gasteiger partial charge in [0, 0.05) is 12.1 Å². The monoisotopic (exact) mass is 357 g/mol. The first kappa shape index (κ1) is 17.3.